The van der Waals surface area contributed by atoms with E-state index in [-0.39, 0.29) is 0 Å². The van der Waals surface area contributed by atoms with E-state index in [2.05, 4.69) is 16.8 Å². The number of nitrogens with one attached hydrogen (secondary N) is 1. The molecule has 0 amide bonds. The molecule has 0 spiro atoms. The molecule has 15 heavy (non-hydrogen) atoms. The van der Waals surface area contributed by atoms with Crippen LogP contribution in [0.2, 0.25) is 6.82 Å². The molecule has 3 N–H and O–H groups in total. The van der Waals surface area contributed by atoms with E-state index in [1.54, 1.807) is 31.2 Å². The van der Waals surface area contributed by atoms with Gasteiger partial charge in [0.25, 0.3) is 0 Å². The highest BCUT2D eigenvalue weighted by Gasteiger charge is 2.08. The van der Waals surface area contributed by atoms with Crippen molar-refractivity contribution in [1.82, 2.24) is 4.98 Å². The second-order valence-corrected chi connectivity index (χ2v) is 3.33. The summed E-state index contributed by atoms with van der Waals surface area (Å²) in [6.07, 6.45) is 3.18. The zero-order chi connectivity index (χ0) is 11.3. The molecule has 1 unspecified atom stereocenters. The van der Waals surface area contributed by atoms with E-state index in [1.807, 2.05) is 0 Å². The Morgan fingerprint density at radius 1 is 1.73 bits per heavy atom. The molecule has 0 aromatic carbocycles. The molecule has 4 nitrogen and oxygen atoms in total. The lowest BCUT2D eigenvalue weighted by Crippen LogP contribution is -2.20. The Morgan fingerprint density at radius 2 is 2.47 bits per heavy atom. The molecule has 0 bridgehead atoms. The molecule has 1 aromatic rings. The van der Waals surface area contributed by atoms with Crippen LogP contribution in [0.4, 0.5) is 5.82 Å². The van der Waals surface area contributed by atoms with Gasteiger partial charge in [-0.25, -0.2) is 4.98 Å². The van der Waals surface area contributed by atoms with Crippen LogP contribution in [0.3, 0.4) is 0 Å². The molecule has 0 radical (unpaired) electrons. The maximum atomic E-state index is 9.69. The van der Waals surface area contributed by atoms with E-state index in [0.29, 0.717) is 12.2 Å². The van der Waals surface area contributed by atoms with Crippen LogP contribution < -0.4 is 5.23 Å². The van der Waals surface area contributed by atoms with Crippen molar-refractivity contribution in [3.8, 4) is 0 Å². The zero-order valence-electron chi connectivity index (χ0n) is 8.72. The van der Waals surface area contributed by atoms with E-state index in [9.17, 15) is 5.11 Å². The first kappa shape index (κ1) is 11.7. The van der Waals surface area contributed by atoms with Crippen molar-refractivity contribution in [2.75, 3.05) is 5.23 Å². The smallest absolute Gasteiger partial charge is 0.408 e. The molecule has 0 aliphatic heterocycles. The van der Waals surface area contributed by atoms with Gasteiger partial charge in [-0.2, -0.15) is 0 Å². The van der Waals surface area contributed by atoms with E-state index in [0.717, 1.165) is 5.56 Å². The highest BCUT2D eigenvalue weighted by molar-refractivity contribution is 6.52. The van der Waals surface area contributed by atoms with Crippen molar-refractivity contribution in [3.63, 3.8) is 0 Å². The van der Waals surface area contributed by atoms with Gasteiger partial charge in [-0.3, -0.25) is 0 Å². The van der Waals surface area contributed by atoms with E-state index in [1.165, 1.54) is 0 Å². The predicted octanol–water partition coefficient (Wildman–Crippen LogP) is 1.21. The second kappa shape index (κ2) is 5.53. The molecule has 0 fully saturated rings. The molecule has 5 heteroatoms. The van der Waals surface area contributed by atoms with Gasteiger partial charge in [0, 0.05) is 6.20 Å². The summed E-state index contributed by atoms with van der Waals surface area (Å²) >= 11 is 0. The fourth-order valence-corrected chi connectivity index (χ4v) is 1.24. The van der Waals surface area contributed by atoms with Gasteiger partial charge in [0.1, 0.15) is 5.82 Å². The summed E-state index contributed by atoms with van der Waals surface area (Å²) in [6, 6.07) is 3.45. The van der Waals surface area contributed by atoms with Crippen LogP contribution >= 0.6 is 0 Å². The average molecular weight is 206 g/mol. The Labute approximate surface area is 89.8 Å². The van der Waals surface area contributed by atoms with Gasteiger partial charge in [0.15, 0.2) is 0 Å². The lowest BCUT2D eigenvalue weighted by atomic mass is 9.89. The number of aromatic nitrogens is 1. The SMILES string of the molecule is C=CCC(O)c1ccnc(NB(C)O)c1. The number of aliphatic hydroxyl groups excluding tert-OH is 1. The first-order chi connectivity index (χ1) is 7.13. The van der Waals surface area contributed by atoms with E-state index in [4.69, 9.17) is 5.02 Å². The highest BCUT2D eigenvalue weighted by atomic mass is 16.3. The van der Waals surface area contributed by atoms with Gasteiger partial charge in [-0.15, -0.1) is 6.58 Å². The number of hydrogen-bond donors (Lipinski definition) is 3. The number of aliphatic hydroxyl groups is 1. The van der Waals surface area contributed by atoms with Gasteiger partial charge in [-0.05, 0) is 30.9 Å². The predicted molar refractivity (Wildman–Crippen MR) is 61.5 cm³/mol. The van der Waals surface area contributed by atoms with Crippen LogP contribution in [0.5, 0.6) is 0 Å². The first-order valence-electron chi connectivity index (χ1n) is 4.83. The van der Waals surface area contributed by atoms with Gasteiger partial charge in [0.05, 0.1) is 6.10 Å². The summed E-state index contributed by atoms with van der Waals surface area (Å²) in [4.78, 5) is 4.01. The van der Waals surface area contributed by atoms with Crippen molar-refractivity contribution < 1.29 is 10.1 Å². The fraction of sp³-hybridized carbons (Fsp3) is 0.300. The van der Waals surface area contributed by atoms with Crippen LogP contribution in [0.15, 0.2) is 31.0 Å². The first-order valence-corrected chi connectivity index (χ1v) is 4.83. The second-order valence-electron chi connectivity index (χ2n) is 3.33. The minimum absolute atomic E-state index is 0.498. The fourth-order valence-electron chi connectivity index (χ4n) is 1.24. The van der Waals surface area contributed by atoms with Crippen molar-refractivity contribution in [1.29, 1.82) is 0 Å². The molecule has 0 aliphatic rings. The van der Waals surface area contributed by atoms with Crippen molar-refractivity contribution >= 4 is 12.9 Å². The molecular weight excluding hydrogens is 191 g/mol. The summed E-state index contributed by atoms with van der Waals surface area (Å²) in [6.45, 7) is 5.17. The molecule has 1 aromatic heterocycles. The maximum Gasteiger partial charge on any atom is 0.408 e. The zero-order valence-corrected chi connectivity index (χ0v) is 8.72. The summed E-state index contributed by atoms with van der Waals surface area (Å²) in [7, 11) is -0.663. The third kappa shape index (κ3) is 3.73. The van der Waals surface area contributed by atoms with Crippen LogP contribution in [0.25, 0.3) is 0 Å². The molecule has 0 saturated heterocycles. The van der Waals surface area contributed by atoms with Crippen molar-refractivity contribution in [2.45, 2.75) is 19.3 Å². The van der Waals surface area contributed by atoms with Gasteiger partial charge in [-0.1, -0.05) is 6.08 Å². The van der Waals surface area contributed by atoms with Crippen LogP contribution in [-0.4, -0.2) is 22.2 Å². The van der Waals surface area contributed by atoms with Gasteiger partial charge in [0.2, 0.25) is 0 Å². The number of anilines is 1. The number of hydrogen-bond acceptors (Lipinski definition) is 4. The molecule has 0 aliphatic carbocycles. The Bertz CT molecular complexity index is 331. The number of pyridine rings is 1. The van der Waals surface area contributed by atoms with Gasteiger partial charge < -0.3 is 15.4 Å². The number of rotatable bonds is 5. The highest BCUT2D eigenvalue weighted by Crippen LogP contribution is 2.18. The Morgan fingerprint density at radius 3 is 3.07 bits per heavy atom. The summed E-state index contributed by atoms with van der Waals surface area (Å²) in [5, 5.41) is 21.5. The molecule has 0 saturated carbocycles. The summed E-state index contributed by atoms with van der Waals surface area (Å²) in [5.74, 6) is 0.547. The quantitative estimate of drug-likeness (QED) is 0.500. The molecule has 80 valence electrons. The normalized spacial score (nSPS) is 11.9. The van der Waals surface area contributed by atoms with Crippen LogP contribution in [-0.2, 0) is 0 Å². The minimum Gasteiger partial charge on any atom is -0.433 e. The minimum atomic E-state index is -0.663. The third-order valence-electron chi connectivity index (χ3n) is 1.92. The largest absolute Gasteiger partial charge is 0.433 e. The Kier molecular flexibility index (Phi) is 4.33. The monoisotopic (exact) mass is 206 g/mol. The van der Waals surface area contributed by atoms with Crippen LogP contribution in [0, 0.1) is 0 Å². The van der Waals surface area contributed by atoms with Crippen molar-refractivity contribution in [3.05, 3.63) is 36.5 Å². The van der Waals surface area contributed by atoms with E-state index < -0.39 is 13.2 Å². The molecule has 1 heterocycles. The van der Waals surface area contributed by atoms with Crippen LogP contribution in [0.1, 0.15) is 18.1 Å². The van der Waals surface area contributed by atoms with E-state index >= 15 is 0 Å². The summed E-state index contributed by atoms with van der Waals surface area (Å²) in [5.41, 5.74) is 0.757. The Balaban J connectivity index is 2.77. The average Bonchev–Trinajstić information content (AvgIpc) is 2.17. The van der Waals surface area contributed by atoms with Gasteiger partial charge >= 0.3 is 7.05 Å². The molecule has 1 atom stereocenters. The molecular formula is C10H15BN2O2. The summed E-state index contributed by atoms with van der Waals surface area (Å²) < 4.78 is 0. The Hall–Kier alpha value is -1.33. The maximum absolute atomic E-state index is 9.69. The lowest BCUT2D eigenvalue weighted by molar-refractivity contribution is 0.181. The standard InChI is InChI=1S/C10H15BN2O2/c1-3-4-9(14)8-5-6-12-10(7-8)13-11(2)15/h3,5-7,9,14-15H,1,4H2,2H3,(H,12,13). The third-order valence-corrected chi connectivity index (χ3v) is 1.92. The topological polar surface area (TPSA) is 65.4 Å². The lowest BCUT2D eigenvalue weighted by Gasteiger charge is -2.10. The molecule has 1 rings (SSSR count). The van der Waals surface area contributed by atoms with Crippen molar-refractivity contribution in [2.24, 2.45) is 0 Å². The number of nitrogens with zero attached hydrogens (tertiary/aromatic N) is 1.